The molecule has 0 bridgehead atoms. The van der Waals surface area contributed by atoms with E-state index in [0.29, 0.717) is 5.02 Å². The van der Waals surface area contributed by atoms with Gasteiger partial charge in [0.15, 0.2) is 5.82 Å². The van der Waals surface area contributed by atoms with Crippen LogP contribution >= 0.6 is 11.6 Å². The van der Waals surface area contributed by atoms with Gasteiger partial charge in [0.1, 0.15) is 12.1 Å². The topological polar surface area (TPSA) is 62.5 Å². The van der Waals surface area contributed by atoms with Crippen molar-refractivity contribution in [2.24, 2.45) is 0 Å². The van der Waals surface area contributed by atoms with E-state index in [1.54, 1.807) is 18.7 Å². The number of aromatic nitrogens is 5. The second-order valence-corrected chi connectivity index (χ2v) is 5.91. The van der Waals surface area contributed by atoms with Crippen molar-refractivity contribution in [2.75, 3.05) is 36.0 Å². The maximum absolute atomic E-state index is 5.92. The zero-order valence-electron chi connectivity index (χ0n) is 12.5. The van der Waals surface area contributed by atoms with Crippen molar-refractivity contribution in [3.05, 3.63) is 42.1 Å². The molecule has 1 aliphatic rings. The molecular weight excluding hydrogens is 314 g/mol. The fourth-order valence-corrected chi connectivity index (χ4v) is 2.99. The van der Waals surface area contributed by atoms with E-state index in [1.807, 2.05) is 22.7 Å². The van der Waals surface area contributed by atoms with Crippen molar-refractivity contribution < 1.29 is 0 Å². The van der Waals surface area contributed by atoms with Gasteiger partial charge < -0.3 is 9.80 Å². The summed E-state index contributed by atoms with van der Waals surface area (Å²) in [6, 6.07) is 3.85. The maximum Gasteiger partial charge on any atom is 0.203 e. The van der Waals surface area contributed by atoms with E-state index in [0.717, 1.165) is 49.9 Å². The molecule has 7 nitrogen and oxygen atoms in total. The van der Waals surface area contributed by atoms with Crippen LogP contribution in [0.5, 0.6) is 0 Å². The summed E-state index contributed by atoms with van der Waals surface area (Å²) < 4.78 is 1.89. The molecule has 3 aromatic rings. The summed E-state index contributed by atoms with van der Waals surface area (Å²) in [7, 11) is 0. The van der Waals surface area contributed by atoms with Crippen LogP contribution < -0.4 is 9.80 Å². The standard InChI is InChI=1S/C15H16ClN7/c16-12-2-3-13(18-10-12)21-5-1-6-22(9-8-21)14-15-20-19-11-23(15)7-4-17-14/h2-4,7,10-11H,1,5-6,8-9H2. The second-order valence-electron chi connectivity index (χ2n) is 5.47. The van der Waals surface area contributed by atoms with E-state index in [9.17, 15) is 0 Å². The highest BCUT2D eigenvalue weighted by Gasteiger charge is 2.19. The van der Waals surface area contributed by atoms with Crippen molar-refractivity contribution in [3.8, 4) is 0 Å². The van der Waals surface area contributed by atoms with Gasteiger partial charge in [0, 0.05) is 44.8 Å². The number of nitrogens with zero attached hydrogens (tertiary/aromatic N) is 7. The van der Waals surface area contributed by atoms with Gasteiger partial charge in [-0.15, -0.1) is 10.2 Å². The highest BCUT2D eigenvalue weighted by atomic mass is 35.5. The molecule has 0 N–H and O–H groups in total. The number of fused-ring (bicyclic) bond motifs is 1. The monoisotopic (exact) mass is 329 g/mol. The predicted octanol–water partition coefficient (Wildman–Crippen LogP) is 1.89. The summed E-state index contributed by atoms with van der Waals surface area (Å²) in [4.78, 5) is 13.5. The molecule has 0 radical (unpaired) electrons. The SMILES string of the molecule is Clc1ccc(N2CCCN(c3nccn4cnnc34)CC2)nc1. The molecule has 0 saturated carbocycles. The molecule has 4 rings (SSSR count). The van der Waals surface area contributed by atoms with E-state index in [2.05, 4.69) is 30.0 Å². The quantitative estimate of drug-likeness (QED) is 0.715. The lowest BCUT2D eigenvalue weighted by Crippen LogP contribution is -2.31. The molecule has 4 heterocycles. The molecule has 23 heavy (non-hydrogen) atoms. The minimum atomic E-state index is 0.660. The first kappa shape index (κ1) is 14.2. The van der Waals surface area contributed by atoms with Gasteiger partial charge in [0.05, 0.1) is 5.02 Å². The Hall–Kier alpha value is -2.41. The van der Waals surface area contributed by atoms with Crippen molar-refractivity contribution in [1.82, 2.24) is 24.6 Å². The molecule has 0 atom stereocenters. The Morgan fingerprint density at radius 1 is 1.00 bits per heavy atom. The molecule has 0 aliphatic carbocycles. The van der Waals surface area contributed by atoms with Crippen LogP contribution in [0.25, 0.3) is 5.65 Å². The smallest absolute Gasteiger partial charge is 0.203 e. The molecule has 1 saturated heterocycles. The van der Waals surface area contributed by atoms with Crippen LogP contribution in [0.3, 0.4) is 0 Å². The number of hydrogen-bond donors (Lipinski definition) is 0. The number of anilines is 2. The third-order valence-corrected chi connectivity index (χ3v) is 4.25. The van der Waals surface area contributed by atoms with Crippen LogP contribution in [0.4, 0.5) is 11.6 Å². The van der Waals surface area contributed by atoms with E-state index < -0.39 is 0 Å². The zero-order chi connectivity index (χ0) is 15.6. The van der Waals surface area contributed by atoms with Gasteiger partial charge in [-0.25, -0.2) is 9.97 Å². The molecule has 0 unspecified atom stereocenters. The fraction of sp³-hybridized carbons (Fsp3) is 0.333. The van der Waals surface area contributed by atoms with Gasteiger partial charge in [-0.3, -0.25) is 4.40 Å². The van der Waals surface area contributed by atoms with Crippen LogP contribution in [0.1, 0.15) is 6.42 Å². The summed E-state index contributed by atoms with van der Waals surface area (Å²) in [5, 5.41) is 8.80. The number of hydrogen-bond acceptors (Lipinski definition) is 6. The maximum atomic E-state index is 5.92. The van der Waals surface area contributed by atoms with E-state index in [-0.39, 0.29) is 0 Å². The molecule has 0 spiro atoms. The van der Waals surface area contributed by atoms with Gasteiger partial charge in [-0.2, -0.15) is 0 Å². The Morgan fingerprint density at radius 3 is 2.74 bits per heavy atom. The Morgan fingerprint density at radius 2 is 1.87 bits per heavy atom. The van der Waals surface area contributed by atoms with Crippen molar-refractivity contribution in [3.63, 3.8) is 0 Å². The first-order chi connectivity index (χ1) is 11.3. The number of rotatable bonds is 2. The highest BCUT2D eigenvalue weighted by molar-refractivity contribution is 6.30. The fourth-order valence-electron chi connectivity index (χ4n) is 2.88. The predicted molar refractivity (Wildman–Crippen MR) is 89.1 cm³/mol. The number of pyridine rings is 1. The van der Waals surface area contributed by atoms with Crippen LogP contribution in [-0.4, -0.2) is 50.7 Å². The second kappa shape index (κ2) is 6.00. The van der Waals surface area contributed by atoms with Crippen LogP contribution in [0.2, 0.25) is 5.02 Å². The summed E-state index contributed by atoms with van der Waals surface area (Å²) in [6.45, 7) is 3.64. The Labute approximate surface area is 138 Å². The van der Waals surface area contributed by atoms with Crippen molar-refractivity contribution >= 4 is 28.9 Å². The van der Waals surface area contributed by atoms with E-state index in [1.165, 1.54) is 0 Å². The lowest BCUT2D eigenvalue weighted by atomic mass is 10.3. The van der Waals surface area contributed by atoms with Gasteiger partial charge in [0.2, 0.25) is 5.65 Å². The normalized spacial score (nSPS) is 15.9. The molecule has 1 aliphatic heterocycles. The first-order valence-corrected chi connectivity index (χ1v) is 7.95. The molecule has 0 aromatic carbocycles. The Kier molecular flexibility index (Phi) is 3.70. The van der Waals surface area contributed by atoms with Gasteiger partial charge in [-0.05, 0) is 18.6 Å². The Balaban J connectivity index is 1.55. The van der Waals surface area contributed by atoms with Gasteiger partial charge in [0.25, 0.3) is 0 Å². The molecular formula is C15H16ClN7. The minimum Gasteiger partial charge on any atom is -0.355 e. The summed E-state index contributed by atoms with van der Waals surface area (Å²) in [6.07, 6.45) is 8.07. The summed E-state index contributed by atoms with van der Waals surface area (Å²) >= 11 is 5.92. The number of halogens is 1. The summed E-state index contributed by atoms with van der Waals surface area (Å²) in [5.74, 6) is 1.85. The van der Waals surface area contributed by atoms with E-state index in [4.69, 9.17) is 11.6 Å². The average molecular weight is 330 g/mol. The van der Waals surface area contributed by atoms with E-state index >= 15 is 0 Å². The third-order valence-electron chi connectivity index (χ3n) is 4.03. The first-order valence-electron chi connectivity index (χ1n) is 7.57. The van der Waals surface area contributed by atoms with Crippen molar-refractivity contribution in [2.45, 2.75) is 6.42 Å². The average Bonchev–Trinajstić information content (AvgIpc) is 2.93. The minimum absolute atomic E-state index is 0.660. The summed E-state index contributed by atoms with van der Waals surface area (Å²) in [5.41, 5.74) is 0.797. The van der Waals surface area contributed by atoms with Crippen molar-refractivity contribution in [1.29, 1.82) is 0 Å². The van der Waals surface area contributed by atoms with Gasteiger partial charge >= 0.3 is 0 Å². The molecule has 118 valence electrons. The zero-order valence-corrected chi connectivity index (χ0v) is 13.3. The lowest BCUT2D eigenvalue weighted by Gasteiger charge is -2.23. The largest absolute Gasteiger partial charge is 0.355 e. The molecule has 3 aromatic heterocycles. The highest BCUT2D eigenvalue weighted by Crippen LogP contribution is 2.20. The van der Waals surface area contributed by atoms with Crippen LogP contribution in [0, 0.1) is 0 Å². The molecule has 1 fully saturated rings. The van der Waals surface area contributed by atoms with Crippen LogP contribution in [0.15, 0.2) is 37.1 Å². The van der Waals surface area contributed by atoms with Crippen LogP contribution in [-0.2, 0) is 0 Å². The van der Waals surface area contributed by atoms with Gasteiger partial charge in [-0.1, -0.05) is 11.6 Å². The molecule has 0 amide bonds. The Bertz CT molecular complexity index is 801. The molecule has 8 heteroatoms. The lowest BCUT2D eigenvalue weighted by molar-refractivity contribution is 0.793. The third kappa shape index (κ3) is 2.79.